The van der Waals surface area contributed by atoms with Crippen LogP contribution in [-0.2, 0) is 0 Å². The number of fused-ring (bicyclic) bond motifs is 1. The molecule has 4 heteroatoms. The van der Waals surface area contributed by atoms with E-state index in [1.165, 1.54) is 0 Å². The van der Waals surface area contributed by atoms with E-state index in [-0.39, 0.29) is 0 Å². The number of aryl methyl sites for hydroxylation is 2. The van der Waals surface area contributed by atoms with Gasteiger partial charge in [0.2, 0.25) is 0 Å². The molecule has 0 unspecified atom stereocenters. The van der Waals surface area contributed by atoms with E-state index in [0.29, 0.717) is 0 Å². The van der Waals surface area contributed by atoms with E-state index < -0.39 is 0 Å². The molecule has 1 N–H and O–H groups in total. The minimum Gasteiger partial charge on any atom is -0.455 e. The van der Waals surface area contributed by atoms with Crippen molar-refractivity contribution < 1.29 is 4.42 Å². The molecule has 0 saturated heterocycles. The topological polar surface area (TPSA) is 28.9 Å². The number of nitrogens with one attached hydrogen (secondary N) is 1. The molecule has 0 saturated carbocycles. The molecule has 2 aromatic heterocycles. The Morgan fingerprint density at radius 2 is 1.28 bits per heavy atom. The van der Waals surface area contributed by atoms with Gasteiger partial charge in [-0.2, -0.15) is 0 Å². The van der Waals surface area contributed by atoms with Gasteiger partial charge in [-0.15, -0.1) is 0 Å². The first-order chi connectivity index (χ1) is 17.5. The minimum absolute atomic E-state index is 0.734. The molecule has 0 amide bonds. The van der Waals surface area contributed by atoms with Gasteiger partial charge in [0.25, 0.3) is 0 Å². The Kier molecular flexibility index (Phi) is 5.72. The molecule has 6 rings (SSSR count). The SMILES string of the molecule is Cc1cc(-c2cc(-c3c(-c4ccccc4)[nH]c4ccccc34)c(-c3ccc(Cl)c(C)c3)o2)ccc1Cl. The zero-order valence-corrected chi connectivity index (χ0v) is 21.4. The third kappa shape index (κ3) is 3.93. The molecular weight excluding hydrogens is 485 g/mol. The lowest BCUT2D eigenvalue weighted by atomic mass is 9.95. The maximum absolute atomic E-state index is 6.64. The fraction of sp³-hybridized carbons (Fsp3) is 0.0625. The van der Waals surface area contributed by atoms with Crippen LogP contribution in [0.2, 0.25) is 10.0 Å². The van der Waals surface area contributed by atoms with Gasteiger partial charge in [0, 0.05) is 43.2 Å². The number of rotatable bonds is 4. The quantitative estimate of drug-likeness (QED) is 0.252. The van der Waals surface area contributed by atoms with Crippen molar-refractivity contribution in [3.8, 4) is 45.0 Å². The molecule has 176 valence electrons. The van der Waals surface area contributed by atoms with E-state index in [2.05, 4.69) is 71.7 Å². The van der Waals surface area contributed by atoms with Crippen molar-refractivity contribution in [3.05, 3.63) is 118 Å². The van der Waals surface area contributed by atoms with Crippen LogP contribution in [0.25, 0.3) is 55.9 Å². The molecule has 0 aliphatic carbocycles. The van der Waals surface area contributed by atoms with Gasteiger partial charge in [-0.05, 0) is 79.1 Å². The molecular formula is C32H23Cl2NO. The normalized spacial score (nSPS) is 11.3. The second-order valence-electron chi connectivity index (χ2n) is 9.07. The molecule has 6 aromatic rings. The van der Waals surface area contributed by atoms with Crippen molar-refractivity contribution >= 4 is 34.1 Å². The number of aromatic amines is 1. The summed E-state index contributed by atoms with van der Waals surface area (Å²) in [7, 11) is 0. The van der Waals surface area contributed by atoms with Crippen LogP contribution in [0.5, 0.6) is 0 Å². The monoisotopic (exact) mass is 507 g/mol. The number of hydrogen-bond acceptors (Lipinski definition) is 1. The Morgan fingerprint density at radius 1 is 0.639 bits per heavy atom. The van der Waals surface area contributed by atoms with Crippen molar-refractivity contribution in [1.29, 1.82) is 0 Å². The maximum Gasteiger partial charge on any atom is 0.142 e. The summed E-state index contributed by atoms with van der Waals surface area (Å²) in [4.78, 5) is 3.66. The molecule has 0 radical (unpaired) electrons. The Hall–Kier alpha value is -3.72. The molecule has 0 aliphatic heterocycles. The summed E-state index contributed by atoms with van der Waals surface area (Å²) < 4.78 is 6.64. The van der Waals surface area contributed by atoms with Crippen LogP contribution in [-0.4, -0.2) is 4.98 Å². The number of H-pyrrole nitrogens is 1. The number of benzene rings is 4. The molecule has 0 bridgehead atoms. The molecule has 0 spiro atoms. The average Bonchev–Trinajstić information content (AvgIpc) is 3.50. The summed E-state index contributed by atoms with van der Waals surface area (Å²) in [6.07, 6.45) is 0. The van der Waals surface area contributed by atoms with E-state index >= 15 is 0 Å². The van der Waals surface area contributed by atoms with Crippen LogP contribution in [0.1, 0.15) is 11.1 Å². The van der Waals surface area contributed by atoms with Crippen LogP contribution in [0.4, 0.5) is 0 Å². The van der Waals surface area contributed by atoms with Crippen molar-refractivity contribution in [2.24, 2.45) is 0 Å². The van der Waals surface area contributed by atoms with E-state index in [1.54, 1.807) is 0 Å². The highest BCUT2D eigenvalue weighted by Crippen LogP contribution is 2.46. The first-order valence-corrected chi connectivity index (χ1v) is 12.6. The highest BCUT2D eigenvalue weighted by Gasteiger charge is 2.23. The standard InChI is InChI=1S/C32H23Cl2NO/c1-19-16-22(12-14-26(19)33)29-18-25(32(36-29)23-13-15-27(34)20(2)17-23)30-24-10-6-7-11-28(24)35-31(30)21-8-4-3-5-9-21/h3-18,35H,1-2H3. The van der Waals surface area contributed by atoms with Crippen LogP contribution in [0.3, 0.4) is 0 Å². The number of furan rings is 1. The number of halogens is 2. The predicted octanol–water partition coefficient (Wildman–Crippen LogP) is 10.4. The predicted molar refractivity (Wildman–Crippen MR) is 152 cm³/mol. The fourth-order valence-electron chi connectivity index (χ4n) is 4.76. The Morgan fingerprint density at radius 3 is 2.00 bits per heavy atom. The number of aromatic nitrogens is 1. The van der Waals surface area contributed by atoms with Gasteiger partial charge in [-0.1, -0.05) is 71.7 Å². The van der Waals surface area contributed by atoms with E-state index in [9.17, 15) is 0 Å². The second-order valence-corrected chi connectivity index (χ2v) is 9.88. The van der Waals surface area contributed by atoms with Crippen LogP contribution < -0.4 is 0 Å². The highest BCUT2D eigenvalue weighted by atomic mass is 35.5. The zero-order valence-electron chi connectivity index (χ0n) is 19.9. The van der Waals surface area contributed by atoms with E-state index in [4.69, 9.17) is 27.6 Å². The molecule has 2 heterocycles. The lowest BCUT2D eigenvalue weighted by Crippen LogP contribution is -1.85. The first kappa shape index (κ1) is 22.7. The zero-order chi connectivity index (χ0) is 24.8. The fourth-order valence-corrected chi connectivity index (χ4v) is 5.00. The molecule has 0 fully saturated rings. The average molecular weight is 508 g/mol. The smallest absolute Gasteiger partial charge is 0.142 e. The molecule has 36 heavy (non-hydrogen) atoms. The summed E-state index contributed by atoms with van der Waals surface area (Å²) in [6, 6.07) is 33.0. The van der Waals surface area contributed by atoms with Gasteiger partial charge in [0.15, 0.2) is 0 Å². The first-order valence-electron chi connectivity index (χ1n) is 11.8. The summed E-state index contributed by atoms with van der Waals surface area (Å²) in [5.41, 5.74) is 9.36. The van der Waals surface area contributed by atoms with Crippen molar-refractivity contribution in [2.45, 2.75) is 13.8 Å². The lowest BCUT2D eigenvalue weighted by Gasteiger charge is -2.08. The minimum atomic E-state index is 0.734. The third-order valence-corrected chi connectivity index (χ3v) is 7.48. The Labute approximate surface area is 220 Å². The van der Waals surface area contributed by atoms with Gasteiger partial charge in [0.05, 0.1) is 5.69 Å². The largest absolute Gasteiger partial charge is 0.455 e. The van der Waals surface area contributed by atoms with Gasteiger partial charge in [-0.25, -0.2) is 0 Å². The maximum atomic E-state index is 6.64. The van der Waals surface area contributed by atoms with Crippen LogP contribution in [0, 0.1) is 13.8 Å². The Balaban J connectivity index is 1.67. The van der Waals surface area contributed by atoms with E-state index in [0.717, 1.165) is 77.1 Å². The summed E-state index contributed by atoms with van der Waals surface area (Å²) in [5.74, 6) is 1.59. The van der Waals surface area contributed by atoms with Gasteiger partial charge < -0.3 is 9.40 Å². The highest BCUT2D eigenvalue weighted by molar-refractivity contribution is 6.31. The van der Waals surface area contributed by atoms with Gasteiger partial charge >= 0.3 is 0 Å². The Bertz CT molecular complexity index is 1730. The van der Waals surface area contributed by atoms with Crippen LogP contribution in [0.15, 0.2) is 101 Å². The number of hydrogen-bond donors (Lipinski definition) is 1. The van der Waals surface area contributed by atoms with Crippen molar-refractivity contribution in [3.63, 3.8) is 0 Å². The summed E-state index contributed by atoms with van der Waals surface area (Å²) in [5, 5.41) is 2.61. The molecule has 4 aromatic carbocycles. The van der Waals surface area contributed by atoms with Gasteiger partial charge in [-0.3, -0.25) is 0 Å². The lowest BCUT2D eigenvalue weighted by molar-refractivity contribution is 0.598. The van der Waals surface area contributed by atoms with Crippen LogP contribution >= 0.6 is 23.2 Å². The summed E-state index contributed by atoms with van der Waals surface area (Å²) >= 11 is 12.7. The summed E-state index contributed by atoms with van der Waals surface area (Å²) in [6.45, 7) is 4.02. The van der Waals surface area contributed by atoms with E-state index in [1.807, 2.05) is 44.2 Å². The molecule has 2 nitrogen and oxygen atoms in total. The second kappa shape index (κ2) is 9.05. The molecule has 0 atom stereocenters. The number of para-hydroxylation sites is 1. The van der Waals surface area contributed by atoms with Crippen molar-refractivity contribution in [1.82, 2.24) is 4.98 Å². The third-order valence-electron chi connectivity index (χ3n) is 6.63. The van der Waals surface area contributed by atoms with Gasteiger partial charge in [0.1, 0.15) is 11.5 Å². The molecule has 0 aliphatic rings. The van der Waals surface area contributed by atoms with Crippen molar-refractivity contribution in [2.75, 3.05) is 0 Å².